The molecule has 96 valence electrons. The second-order valence-corrected chi connectivity index (χ2v) is 4.43. The van der Waals surface area contributed by atoms with E-state index in [4.69, 9.17) is 0 Å². The van der Waals surface area contributed by atoms with Gasteiger partial charge in [0.2, 0.25) is 0 Å². The third-order valence-corrected chi connectivity index (χ3v) is 3.21. The predicted molar refractivity (Wildman–Crippen MR) is 72.0 cm³/mol. The van der Waals surface area contributed by atoms with Gasteiger partial charge in [0.1, 0.15) is 5.82 Å². The highest BCUT2D eigenvalue weighted by Crippen LogP contribution is 2.14. The molecule has 2 nitrogen and oxygen atoms in total. The van der Waals surface area contributed by atoms with Crippen molar-refractivity contribution in [2.75, 3.05) is 25.5 Å². The van der Waals surface area contributed by atoms with Gasteiger partial charge in [0, 0.05) is 25.3 Å². The van der Waals surface area contributed by atoms with E-state index in [9.17, 15) is 4.39 Å². The molecule has 0 aromatic heterocycles. The molecule has 0 saturated carbocycles. The van der Waals surface area contributed by atoms with E-state index in [-0.39, 0.29) is 5.82 Å². The van der Waals surface area contributed by atoms with Crippen molar-refractivity contribution in [2.24, 2.45) is 0 Å². The number of anilines is 1. The van der Waals surface area contributed by atoms with Crippen LogP contribution in [0.15, 0.2) is 24.3 Å². The van der Waals surface area contributed by atoms with Crippen molar-refractivity contribution in [3.8, 4) is 0 Å². The maximum absolute atomic E-state index is 12.8. The molecule has 0 fully saturated rings. The van der Waals surface area contributed by atoms with E-state index >= 15 is 0 Å². The molecule has 1 unspecified atom stereocenters. The Bertz CT molecular complexity index is 307. The van der Waals surface area contributed by atoms with Crippen LogP contribution >= 0.6 is 0 Å². The maximum Gasteiger partial charge on any atom is 0.123 e. The summed E-state index contributed by atoms with van der Waals surface area (Å²) in [5, 5.41) is 3.30. The highest BCUT2D eigenvalue weighted by Gasteiger charge is 2.04. The van der Waals surface area contributed by atoms with E-state index < -0.39 is 0 Å². The molecule has 0 radical (unpaired) electrons. The fourth-order valence-corrected chi connectivity index (χ4v) is 1.95. The fraction of sp³-hybridized carbons (Fsp3) is 0.571. The molecule has 0 aliphatic heterocycles. The van der Waals surface area contributed by atoms with Crippen molar-refractivity contribution < 1.29 is 4.39 Å². The molecular formula is C14H23FN2. The summed E-state index contributed by atoms with van der Waals surface area (Å²) in [4.78, 5) is 2.17. The minimum absolute atomic E-state index is 0.177. The van der Waals surface area contributed by atoms with Gasteiger partial charge in [-0.05, 0) is 50.6 Å². The average molecular weight is 238 g/mol. The van der Waals surface area contributed by atoms with Crippen LogP contribution in [-0.2, 0) is 0 Å². The number of hydrogen-bond acceptors (Lipinski definition) is 2. The molecule has 0 spiro atoms. The van der Waals surface area contributed by atoms with Crippen molar-refractivity contribution in [1.82, 2.24) is 5.32 Å². The molecule has 1 aromatic carbocycles. The summed E-state index contributed by atoms with van der Waals surface area (Å²) in [6.45, 7) is 3.20. The topological polar surface area (TPSA) is 15.3 Å². The molecule has 1 rings (SSSR count). The molecule has 0 aliphatic carbocycles. The van der Waals surface area contributed by atoms with Crippen LogP contribution in [-0.4, -0.2) is 26.7 Å². The molecule has 3 heteroatoms. The van der Waals surface area contributed by atoms with E-state index in [0.717, 1.165) is 25.1 Å². The molecule has 0 bridgehead atoms. The fourth-order valence-electron chi connectivity index (χ4n) is 1.95. The smallest absolute Gasteiger partial charge is 0.123 e. The maximum atomic E-state index is 12.8. The Kier molecular flexibility index (Phi) is 5.98. The zero-order valence-electron chi connectivity index (χ0n) is 11.0. The number of hydrogen-bond donors (Lipinski definition) is 1. The Balaban J connectivity index is 2.34. The van der Waals surface area contributed by atoms with E-state index in [0.29, 0.717) is 6.04 Å². The van der Waals surface area contributed by atoms with Crippen LogP contribution in [0.5, 0.6) is 0 Å². The number of rotatable bonds is 7. The van der Waals surface area contributed by atoms with Crippen LogP contribution in [0, 0.1) is 5.82 Å². The molecule has 0 amide bonds. The summed E-state index contributed by atoms with van der Waals surface area (Å²) in [6.07, 6.45) is 3.49. The first-order valence-corrected chi connectivity index (χ1v) is 6.31. The Morgan fingerprint density at radius 2 is 1.94 bits per heavy atom. The van der Waals surface area contributed by atoms with Crippen molar-refractivity contribution in [3.05, 3.63) is 30.1 Å². The Morgan fingerprint density at radius 1 is 1.29 bits per heavy atom. The minimum Gasteiger partial charge on any atom is -0.375 e. The lowest BCUT2D eigenvalue weighted by Crippen LogP contribution is -2.26. The summed E-state index contributed by atoms with van der Waals surface area (Å²) in [5.74, 6) is -0.177. The molecule has 1 N–H and O–H groups in total. The van der Waals surface area contributed by atoms with E-state index in [1.54, 1.807) is 0 Å². The summed E-state index contributed by atoms with van der Waals surface area (Å²) < 4.78 is 12.8. The first-order chi connectivity index (χ1) is 8.17. The summed E-state index contributed by atoms with van der Waals surface area (Å²) in [7, 11) is 4.06. The minimum atomic E-state index is -0.177. The lowest BCUT2D eigenvalue weighted by molar-refractivity contribution is 0.492. The SMILES string of the molecule is CCC(CCCN(C)c1ccc(F)cc1)NC. The normalized spacial score (nSPS) is 12.5. The van der Waals surface area contributed by atoms with E-state index in [1.807, 2.05) is 26.2 Å². The highest BCUT2D eigenvalue weighted by molar-refractivity contribution is 5.45. The average Bonchev–Trinajstić information content (AvgIpc) is 2.35. The summed E-state index contributed by atoms with van der Waals surface area (Å²) in [6, 6.07) is 7.27. The highest BCUT2D eigenvalue weighted by atomic mass is 19.1. The molecule has 17 heavy (non-hydrogen) atoms. The lowest BCUT2D eigenvalue weighted by Gasteiger charge is -2.21. The third-order valence-electron chi connectivity index (χ3n) is 3.21. The molecule has 0 saturated heterocycles. The number of nitrogens with zero attached hydrogens (tertiary/aromatic N) is 1. The molecule has 0 aliphatic rings. The van der Waals surface area contributed by atoms with Crippen LogP contribution in [0.2, 0.25) is 0 Å². The standard InChI is InChI=1S/C14H23FN2/c1-4-13(16-2)6-5-11-17(3)14-9-7-12(15)8-10-14/h7-10,13,16H,4-6,11H2,1-3H3. The monoisotopic (exact) mass is 238 g/mol. The molecular weight excluding hydrogens is 215 g/mol. The van der Waals surface area contributed by atoms with E-state index in [1.165, 1.54) is 18.6 Å². The first kappa shape index (κ1) is 14.0. The van der Waals surface area contributed by atoms with Crippen LogP contribution < -0.4 is 10.2 Å². The van der Waals surface area contributed by atoms with Gasteiger partial charge in [-0.3, -0.25) is 0 Å². The molecule has 1 aromatic rings. The quantitative estimate of drug-likeness (QED) is 0.785. The Hall–Kier alpha value is -1.09. The first-order valence-electron chi connectivity index (χ1n) is 6.31. The zero-order valence-corrected chi connectivity index (χ0v) is 11.0. The van der Waals surface area contributed by atoms with Crippen molar-refractivity contribution in [2.45, 2.75) is 32.2 Å². The van der Waals surface area contributed by atoms with Gasteiger partial charge < -0.3 is 10.2 Å². The summed E-state index contributed by atoms with van der Waals surface area (Å²) in [5.41, 5.74) is 1.07. The van der Waals surface area contributed by atoms with Gasteiger partial charge >= 0.3 is 0 Å². The third kappa shape index (κ3) is 4.73. The second kappa shape index (κ2) is 7.28. The zero-order chi connectivity index (χ0) is 12.7. The molecule has 0 heterocycles. The van der Waals surface area contributed by atoms with Crippen LogP contribution in [0.3, 0.4) is 0 Å². The molecule has 1 atom stereocenters. The van der Waals surface area contributed by atoms with Gasteiger partial charge in [0.15, 0.2) is 0 Å². The van der Waals surface area contributed by atoms with Gasteiger partial charge in [-0.1, -0.05) is 6.92 Å². The summed E-state index contributed by atoms with van der Waals surface area (Å²) >= 11 is 0. The Labute approximate surface area is 104 Å². The van der Waals surface area contributed by atoms with Crippen molar-refractivity contribution in [1.29, 1.82) is 0 Å². The number of benzene rings is 1. The van der Waals surface area contributed by atoms with Gasteiger partial charge in [-0.2, -0.15) is 0 Å². The van der Waals surface area contributed by atoms with Gasteiger partial charge in [0.25, 0.3) is 0 Å². The van der Waals surface area contributed by atoms with Gasteiger partial charge in [-0.25, -0.2) is 4.39 Å². The van der Waals surface area contributed by atoms with Gasteiger partial charge in [-0.15, -0.1) is 0 Å². The van der Waals surface area contributed by atoms with E-state index in [2.05, 4.69) is 17.1 Å². The lowest BCUT2D eigenvalue weighted by atomic mass is 10.1. The number of nitrogens with one attached hydrogen (secondary N) is 1. The van der Waals surface area contributed by atoms with Crippen LogP contribution in [0.4, 0.5) is 10.1 Å². The van der Waals surface area contributed by atoms with Crippen LogP contribution in [0.25, 0.3) is 0 Å². The number of halogens is 1. The van der Waals surface area contributed by atoms with Gasteiger partial charge in [0.05, 0.1) is 0 Å². The predicted octanol–water partition coefficient (Wildman–Crippen LogP) is 3.04. The second-order valence-electron chi connectivity index (χ2n) is 4.43. The van der Waals surface area contributed by atoms with Crippen molar-refractivity contribution in [3.63, 3.8) is 0 Å². The van der Waals surface area contributed by atoms with Crippen LogP contribution in [0.1, 0.15) is 26.2 Å². The largest absolute Gasteiger partial charge is 0.375 e. The Morgan fingerprint density at radius 3 is 2.47 bits per heavy atom. The van der Waals surface area contributed by atoms with Crippen molar-refractivity contribution >= 4 is 5.69 Å².